The van der Waals surface area contributed by atoms with Gasteiger partial charge in [-0.25, -0.2) is 8.78 Å². The molecule has 0 amide bonds. The molecule has 1 aliphatic rings. The van der Waals surface area contributed by atoms with E-state index in [-0.39, 0.29) is 12.4 Å². The van der Waals surface area contributed by atoms with Gasteiger partial charge in [0.15, 0.2) is 11.6 Å². The van der Waals surface area contributed by atoms with Crippen LogP contribution in [0.1, 0.15) is 39.5 Å². The van der Waals surface area contributed by atoms with Gasteiger partial charge >= 0.3 is 0 Å². The highest BCUT2D eigenvalue weighted by Crippen LogP contribution is 2.18. The van der Waals surface area contributed by atoms with E-state index >= 15 is 0 Å². The van der Waals surface area contributed by atoms with E-state index in [1.165, 1.54) is 6.07 Å². The topological polar surface area (TPSA) is 52.1 Å². The van der Waals surface area contributed by atoms with Crippen molar-refractivity contribution in [3.05, 3.63) is 41.7 Å². The number of ether oxygens (including phenoxy) is 3. The fourth-order valence-electron chi connectivity index (χ4n) is 2.21. The average molecular weight is 368 g/mol. The third-order valence-corrected chi connectivity index (χ3v) is 3.71. The van der Waals surface area contributed by atoms with Crippen molar-refractivity contribution in [2.24, 2.45) is 5.10 Å². The van der Waals surface area contributed by atoms with Crippen molar-refractivity contribution in [2.75, 3.05) is 19.8 Å². The fraction of sp³-hybridized carbons (Fsp3) is 0.526. The summed E-state index contributed by atoms with van der Waals surface area (Å²) in [6.07, 6.45) is 5.24. The second-order valence-electron chi connectivity index (χ2n) is 5.95. The monoisotopic (exact) mass is 368 g/mol. The van der Waals surface area contributed by atoms with Gasteiger partial charge in [0.2, 0.25) is 6.23 Å². The Balaban J connectivity index is 1.96. The molecule has 0 saturated carbocycles. The van der Waals surface area contributed by atoms with Gasteiger partial charge in [-0.2, -0.15) is 5.10 Å². The lowest BCUT2D eigenvalue weighted by Gasteiger charge is -2.25. The van der Waals surface area contributed by atoms with E-state index in [9.17, 15) is 8.78 Å². The second kappa shape index (κ2) is 10.8. The van der Waals surface area contributed by atoms with Crippen LogP contribution in [-0.4, -0.2) is 31.8 Å². The summed E-state index contributed by atoms with van der Waals surface area (Å²) in [5, 5.41) is 4.19. The molecule has 2 rings (SSSR count). The Hall–Kier alpha value is -2.15. The summed E-state index contributed by atoms with van der Waals surface area (Å²) in [5.74, 6) is -0.802. The van der Waals surface area contributed by atoms with Crippen LogP contribution in [0.5, 0.6) is 5.75 Å². The van der Waals surface area contributed by atoms with Crippen molar-refractivity contribution in [2.45, 2.75) is 45.8 Å². The number of hydrogen-bond donors (Lipinski definition) is 1. The third kappa shape index (κ3) is 6.29. The average Bonchev–Trinajstić information content (AvgIpc) is 2.63. The van der Waals surface area contributed by atoms with Crippen molar-refractivity contribution >= 4 is 5.71 Å². The number of nitrogens with one attached hydrogen (secondary N) is 1. The van der Waals surface area contributed by atoms with Crippen LogP contribution in [-0.2, 0) is 9.47 Å². The number of unbranched alkanes of at least 4 members (excludes halogenated alkanes) is 2. The predicted molar refractivity (Wildman–Crippen MR) is 96.0 cm³/mol. The summed E-state index contributed by atoms with van der Waals surface area (Å²) in [5.41, 5.74) is 3.44. The number of benzene rings is 1. The quantitative estimate of drug-likeness (QED) is 0.596. The van der Waals surface area contributed by atoms with Crippen LogP contribution >= 0.6 is 0 Å². The molecule has 0 radical (unpaired) electrons. The van der Waals surface area contributed by atoms with Crippen LogP contribution in [0.15, 0.2) is 35.1 Å². The minimum Gasteiger partial charge on any atom is -0.493 e. The molecule has 1 unspecified atom stereocenters. The van der Waals surface area contributed by atoms with Gasteiger partial charge in [-0.3, -0.25) is 5.43 Å². The number of hydrazone groups is 1. The molecule has 0 aromatic heterocycles. The highest BCUT2D eigenvalue weighted by atomic mass is 19.1. The minimum atomic E-state index is -0.751. The molecule has 0 aliphatic carbocycles. The van der Waals surface area contributed by atoms with Crippen LogP contribution in [0, 0.1) is 11.6 Å². The van der Waals surface area contributed by atoms with E-state index in [2.05, 4.69) is 24.4 Å². The van der Waals surface area contributed by atoms with Crippen LogP contribution in [0.3, 0.4) is 0 Å². The highest BCUT2D eigenvalue weighted by Gasteiger charge is 2.21. The summed E-state index contributed by atoms with van der Waals surface area (Å²) in [4.78, 5) is 0. The Morgan fingerprint density at radius 3 is 2.58 bits per heavy atom. The number of rotatable bonds is 11. The van der Waals surface area contributed by atoms with E-state index in [4.69, 9.17) is 14.2 Å². The normalized spacial score (nSPS) is 16.5. The number of halogens is 2. The SMILES string of the molecule is CCCCOC1=CC(COc2ccc(F)cc2F)=NNC1OCCCC. The van der Waals surface area contributed by atoms with Gasteiger partial charge in [0, 0.05) is 18.7 Å². The van der Waals surface area contributed by atoms with Gasteiger partial charge in [-0.1, -0.05) is 26.7 Å². The van der Waals surface area contributed by atoms with Gasteiger partial charge in [0.25, 0.3) is 0 Å². The van der Waals surface area contributed by atoms with Gasteiger partial charge in [-0.05, 0) is 25.0 Å². The zero-order valence-corrected chi connectivity index (χ0v) is 15.3. The lowest BCUT2D eigenvalue weighted by Crippen LogP contribution is -2.36. The van der Waals surface area contributed by atoms with E-state index in [1.807, 2.05) is 0 Å². The van der Waals surface area contributed by atoms with Crippen LogP contribution in [0.25, 0.3) is 0 Å². The molecule has 0 fully saturated rings. The highest BCUT2D eigenvalue weighted by molar-refractivity contribution is 5.97. The van der Waals surface area contributed by atoms with Crippen LogP contribution < -0.4 is 10.2 Å². The molecular weight excluding hydrogens is 342 g/mol. The minimum absolute atomic E-state index is 0.0257. The second-order valence-corrected chi connectivity index (χ2v) is 5.95. The molecular formula is C19H26F2N2O3. The van der Waals surface area contributed by atoms with Crippen molar-refractivity contribution in [1.82, 2.24) is 5.43 Å². The Morgan fingerprint density at radius 2 is 1.85 bits per heavy atom. The maximum absolute atomic E-state index is 13.6. The van der Waals surface area contributed by atoms with Crippen LogP contribution in [0.2, 0.25) is 0 Å². The third-order valence-electron chi connectivity index (χ3n) is 3.71. The Kier molecular flexibility index (Phi) is 8.34. The van der Waals surface area contributed by atoms with Gasteiger partial charge in [0.05, 0.1) is 6.61 Å². The molecule has 144 valence electrons. The first kappa shape index (κ1) is 20.2. The zero-order chi connectivity index (χ0) is 18.8. The fourth-order valence-corrected chi connectivity index (χ4v) is 2.21. The maximum Gasteiger partial charge on any atom is 0.200 e. The molecule has 5 nitrogen and oxygen atoms in total. The lowest BCUT2D eigenvalue weighted by molar-refractivity contribution is 0.00696. The zero-order valence-electron chi connectivity index (χ0n) is 15.3. The molecule has 1 aromatic rings. The number of nitrogens with zero attached hydrogens (tertiary/aromatic N) is 1. The summed E-state index contributed by atoms with van der Waals surface area (Å²) in [6, 6.07) is 3.18. The van der Waals surface area contributed by atoms with Gasteiger partial charge in [0.1, 0.15) is 23.9 Å². The van der Waals surface area contributed by atoms with Crippen molar-refractivity contribution in [3.8, 4) is 5.75 Å². The maximum atomic E-state index is 13.6. The summed E-state index contributed by atoms with van der Waals surface area (Å²) in [6.45, 7) is 5.39. The Morgan fingerprint density at radius 1 is 1.08 bits per heavy atom. The predicted octanol–water partition coefficient (Wildman–Crippen LogP) is 4.15. The lowest BCUT2D eigenvalue weighted by atomic mass is 10.2. The first-order valence-corrected chi connectivity index (χ1v) is 9.00. The van der Waals surface area contributed by atoms with Gasteiger partial charge in [-0.15, -0.1) is 0 Å². The standard InChI is InChI=1S/C19H26F2N2O3/c1-3-5-9-24-18-12-15(22-23-19(18)25-10-6-4-2)13-26-17-8-7-14(20)11-16(17)21/h7-8,11-12,19,23H,3-6,9-10,13H2,1-2H3. The van der Waals surface area contributed by atoms with Crippen LogP contribution in [0.4, 0.5) is 8.78 Å². The molecule has 0 spiro atoms. The van der Waals surface area contributed by atoms with E-state index in [0.717, 1.165) is 37.8 Å². The molecule has 7 heteroatoms. The van der Waals surface area contributed by atoms with E-state index in [0.29, 0.717) is 24.7 Å². The smallest absolute Gasteiger partial charge is 0.200 e. The van der Waals surface area contributed by atoms with Crippen molar-refractivity contribution in [3.63, 3.8) is 0 Å². The molecule has 0 bridgehead atoms. The van der Waals surface area contributed by atoms with Gasteiger partial charge < -0.3 is 14.2 Å². The molecule has 0 saturated heterocycles. The molecule has 1 N–H and O–H groups in total. The molecule has 1 aliphatic heterocycles. The summed E-state index contributed by atoms with van der Waals surface area (Å²) >= 11 is 0. The number of hydrogen-bond acceptors (Lipinski definition) is 5. The molecule has 1 heterocycles. The van der Waals surface area contributed by atoms with Crippen molar-refractivity contribution < 1.29 is 23.0 Å². The largest absolute Gasteiger partial charge is 0.493 e. The summed E-state index contributed by atoms with van der Waals surface area (Å²) < 4.78 is 43.5. The Bertz CT molecular complexity index is 635. The first-order chi connectivity index (χ1) is 12.6. The molecule has 26 heavy (non-hydrogen) atoms. The summed E-state index contributed by atoms with van der Waals surface area (Å²) in [7, 11) is 0. The molecule has 1 aromatic carbocycles. The van der Waals surface area contributed by atoms with Crippen molar-refractivity contribution in [1.29, 1.82) is 0 Å². The Labute approximate surface area is 153 Å². The molecule has 1 atom stereocenters. The first-order valence-electron chi connectivity index (χ1n) is 9.00. The van der Waals surface area contributed by atoms with E-state index < -0.39 is 17.9 Å². The van der Waals surface area contributed by atoms with E-state index in [1.54, 1.807) is 6.08 Å².